The van der Waals surface area contributed by atoms with E-state index >= 15 is 0 Å². The van der Waals surface area contributed by atoms with Crippen LogP contribution in [0, 0.1) is 5.41 Å². The van der Waals surface area contributed by atoms with Crippen molar-refractivity contribution in [3.63, 3.8) is 0 Å². The van der Waals surface area contributed by atoms with Gasteiger partial charge in [0.05, 0.1) is 0 Å². The van der Waals surface area contributed by atoms with Crippen LogP contribution in [-0.2, 0) is 4.79 Å². The van der Waals surface area contributed by atoms with Gasteiger partial charge < -0.3 is 10.7 Å². The SMILES string of the molecule is C=C(C(C)=N)c1ccccc1Nc1ccc(/C=C/C(C)=O)cc1. The number of nitrogens with one attached hydrogen (secondary N) is 2. The molecule has 0 aliphatic rings. The molecule has 116 valence electrons. The van der Waals surface area contributed by atoms with Crippen LogP contribution >= 0.6 is 0 Å². The van der Waals surface area contributed by atoms with Gasteiger partial charge in [-0.25, -0.2) is 0 Å². The molecule has 0 aliphatic heterocycles. The van der Waals surface area contributed by atoms with Gasteiger partial charge in [0, 0.05) is 22.6 Å². The van der Waals surface area contributed by atoms with Crippen LogP contribution in [0.3, 0.4) is 0 Å². The molecule has 0 saturated heterocycles. The number of hydrogen-bond acceptors (Lipinski definition) is 3. The molecule has 2 aromatic carbocycles. The van der Waals surface area contributed by atoms with Crippen LogP contribution in [0.5, 0.6) is 0 Å². The first-order chi connectivity index (χ1) is 11.0. The fourth-order valence-corrected chi connectivity index (χ4v) is 2.10. The Kier molecular flexibility index (Phi) is 5.26. The second kappa shape index (κ2) is 7.36. The fraction of sp³-hybridized carbons (Fsp3) is 0.100. The number of carbonyl (C=O) groups is 1. The summed E-state index contributed by atoms with van der Waals surface area (Å²) >= 11 is 0. The first-order valence-corrected chi connectivity index (χ1v) is 7.37. The van der Waals surface area contributed by atoms with Gasteiger partial charge in [-0.3, -0.25) is 4.79 Å². The van der Waals surface area contributed by atoms with Crippen molar-refractivity contribution < 1.29 is 4.79 Å². The highest BCUT2D eigenvalue weighted by Crippen LogP contribution is 2.26. The zero-order valence-corrected chi connectivity index (χ0v) is 13.4. The second-order valence-corrected chi connectivity index (χ2v) is 5.34. The van der Waals surface area contributed by atoms with Crippen LogP contribution in [0.2, 0.25) is 0 Å². The van der Waals surface area contributed by atoms with Crippen molar-refractivity contribution in [2.24, 2.45) is 0 Å². The van der Waals surface area contributed by atoms with E-state index in [4.69, 9.17) is 5.41 Å². The van der Waals surface area contributed by atoms with Crippen LogP contribution in [0.15, 0.2) is 61.2 Å². The lowest BCUT2D eigenvalue weighted by molar-refractivity contribution is -0.112. The molecule has 23 heavy (non-hydrogen) atoms. The molecule has 0 radical (unpaired) electrons. The molecule has 0 heterocycles. The molecule has 2 N–H and O–H groups in total. The number of anilines is 2. The molecular formula is C20H20N2O. The van der Waals surface area contributed by atoms with E-state index in [9.17, 15) is 4.79 Å². The van der Waals surface area contributed by atoms with Crippen LogP contribution in [0.1, 0.15) is 25.0 Å². The van der Waals surface area contributed by atoms with Crippen molar-refractivity contribution in [1.82, 2.24) is 0 Å². The molecule has 0 aliphatic carbocycles. The molecule has 0 bridgehead atoms. The largest absolute Gasteiger partial charge is 0.355 e. The Morgan fingerprint density at radius 2 is 1.74 bits per heavy atom. The smallest absolute Gasteiger partial charge is 0.152 e. The Balaban J connectivity index is 2.21. The third-order valence-electron chi connectivity index (χ3n) is 3.41. The fourth-order valence-electron chi connectivity index (χ4n) is 2.10. The molecule has 0 amide bonds. The molecule has 0 unspecified atom stereocenters. The number of benzene rings is 2. The van der Waals surface area contributed by atoms with E-state index in [1.54, 1.807) is 19.1 Å². The molecule has 0 atom stereocenters. The van der Waals surface area contributed by atoms with Crippen LogP contribution in [0.4, 0.5) is 11.4 Å². The maximum absolute atomic E-state index is 11.0. The summed E-state index contributed by atoms with van der Waals surface area (Å²) in [6, 6.07) is 15.6. The highest BCUT2D eigenvalue weighted by molar-refractivity contribution is 6.21. The normalized spacial score (nSPS) is 10.5. The van der Waals surface area contributed by atoms with Gasteiger partial charge in [-0.05, 0) is 49.3 Å². The van der Waals surface area contributed by atoms with E-state index in [2.05, 4.69) is 11.9 Å². The summed E-state index contributed by atoms with van der Waals surface area (Å²) in [6.07, 6.45) is 3.34. The third-order valence-corrected chi connectivity index (χ3v) is 3.41. The predicted octanol–water partition coefficient (Wildman–Crippen LogP) is 5.09. The monoisotopic (exact) mass is 304 g/mol. The lowest BCUT2D eigenvalue weighted by Crippen LogP contribution is -1.99. The van der Waals surface area contributed by atoms with Gasteiger partial charge in [-0.2, -0.15) is 0 Å². The minimum atomic E-state index is 0.0293. The topological polar surface area (TPSA) is 53.0 Å². The van der Waals surface area contributed by atoms with E-state index in [1.165, 1.54) is 6.92 Å². The van der Waals surface area contributed by atoms with E-state index in [1.807, 2.05) is 48.5 Å². The molecule has 3 heteroatoms. The van der Waals surface area contributed by atoms with E-state index in [-0.39, 0.29) is 5.78 Å². The van der Waals surface area contributed by atoms with Crippen molar-refractivity contribution >= 4 is 34.5 Å². The van der Waals surface area contributed by atoms with Gasteiger partial charge in [0.2, 0.25) is 0 Å². The number of carbonyl (C=O) groups excluding carboxylic acids is 1. The molecule has 0 saturated carbocycles. The Hall–Kier alpha value is -2.94. The minimum absolute atomic E-state index is 0.0293. The van der Waals surface area contributed by atoms with Gasteiger partial charge in [-0.1, -0.05) is 43.0 Å². The number of para-hydroxylation sites is 1. The van der Waals surface area contributed by atoms with E-state index in [0.717, 1.165) is 22.5 Å². The third kappa shape index (κ3) is 4.51. The number of hydrogen-bond donors (Lipinski definition) is 2. The van der Waals surface area contributed by atoms with Crippen molar-refractivity contribution in [3.05, 3.63) is 72.3 Å². The molecule has 3 nitrogen and oxygen atoms in total. The molecule has 2 aromatic rings. The van der Waals surface area contributed by atoms with Crippen LogP contribution < -0.4 is 5.32 Å². The van der Waals surface area contributed by atoms with Crippen LogP contribution in [0.25, 0.3) is 11.6 Å². The first kappa shape index (κ1) is 16.4. The average Bonchev–Trinajstić information content (AvgIpc) is 2.54. The van der Waals surface area contributed by atoms with Gasteiger partial charge >= 0.3 is 0 Å². The summed E-state index contributed by atoms with van der Waals surface area (Å²) in [6.45, 7) is 7.24. The van der Waals surface area contributed by atoms with Gasteiger partial charge in [-0.15, -0.1) is 0 Å². The van der Waals surface area contributed by atoms with Crippen molar-refractivity contribution in [2.45, 2.75) is 13.8 Å². The van der Waals surface area contributed by atoms with E-state index < -0.39 is 0 Å². The number of rotatable bonds is 6. The summed E-state index contributed by atoms with van der Waals surface area (Å²) in [5.41, 5.74) is 4.89. The molecule has 0 fully saturated rings. The molecule has 0 aromatic heterocycles. The van der Waals surface area contributed by atoms with Crippen molar-refractivity contribution in [3.8, 4) is 0 Å². The Morgan fingerprint density at radius 3 is 2.35 bits per heavy atom. The van der Waals surface area contributed by atoms with Crippen molar-refractivity contribution in [1.29, 1.82) is 5.41 Å². The number of allylic oxidation sites excluding steroid dienone is 2. The van der Waals surface area contributed by atoms with Crippen molar-refractivity contribution in [2.75, 3.05) is 5.32 Å². The van der Waals surface area contributed by atoms with E-state index in [0.29, 0.717) is 11.3 Å². The average molecular weight is 304 g/mol. The summed E-state index contributed by atoms with van der Waals surface area (Å²) < 4.78 is 0. The number of ketones is 1. The second-order valence-electron chi connectivity index (χ2n) is 5.34. The summed E-state index contributed by atoms with van der Waals surface area (Å²) in [4.78, 5) is 11.0. The summed E-state index contributed by atoms with van der Waals surface area (Å²) in [5.74, 6) is 0.0293. The lowest BCUT2D eigenvalue weighted by atomic mass is 10.0. The Bertz CT molecular complexity index is 770. The molecule has 0 spiro atoms. The highest BCUT2D eigenvalue weighted by Gasteiger charge is 2.07. The van der Waals surface area contributed by atoms with Gasteiger partial charge in [0.1, 0.15) is 0 Å². The lowest BCUT2D eigenvalue weighted by Gasteiger charge is -2.13. The Labute approximate surface area is 136 Å². The molecule has 2 rings (SSSR count). The maximum atomic E-state index is 11.0. The molecular weight excluding hydrogens is 284 g/mol. The van der Waals surface area contributed by atoms with Gasteiger partial charge in [0.15, 0.2) is 5.78 Å². The maximum Gasteiger partial charge on any atom is 0.152 e. The Morgan fingerprint density at radius 1 is 1.09 bits per heavy atom. The first-order valence-electron chi connectivity index (χ1n) is 7.37. The highest BCUT2D eigenvalue weighted by atomic mass is 16.1. The quantitative estimate of drug-likeness (QED) is 0.577. The predicted molar refractivity (Wildman–Crippen MR) is 98.3 cm³/mol. The zero-order valence-electron chi connectivity index (χ0n) is 13.4. The van der Waals surface area contributed by atoms with Crippen LogP contribution in [-0.4, -0.2) is 11.5 Å². The minimum Gasteiger partial charge on any atom is -0.355 e. The summed E-state index contributed by atoms with van der Waals surface area (Å²) in [5, 5.41) is 11.1. The summed E-state index contributed by atoms with van der Waals surface area (Å²) in [7, 11) is 0. The zero-order chi connectivity index (χ0) is 16.8. The standard InChI is InChI=1S/C20H20N2O/c1-14(23)8-9-17-10-12-18(13-11-17)22-20-7-5-4-6-19(20)15(2)16(3)21/h4-13,21-22H,2H2,1,3H3/b9-8+,21-16?. The van der Waals surface area contributed by atoms with Gasteiger partial charge in [0.25, 0.3) is 0 Å².